The Hall–Kier alpha value is -2.15. The van der Waals surface area contributed by atoms with Crippen molar-refractivity contribution in [1.82, 2.24) is 9.97 Å². The Kier molecular flexibility index (Phi) is 3.51. The average molecular weight is 290 g/mol. The van der Waals surface area contributed by atoms with Gasteiger partial charge in [-0.1, -0.05) is 0 Å². The summed E-state index contributed by atoms with van der Waals surface area (Å²) >= 11 is 1.53. The van der Waals surface area contributed by atoms with E-state index in [-0.39, 0.29) is 17.7 Å². The maximum absolute atomic E-state index is 12.4. The van der Waals surface area contributed by atoms with Gasteiger partial charge in [-0.15, -0.1) is 11.3 Å². The number of nitrogens with one attached hydrogen (secondary N) is 1. The number of nitrogens with zero attached hydrogens (tertiary/aromatic N) is 3. The predicted molar refractivity (Wildman–Crippen MR) is 77.0 cm³/mol. The van der Waals surface area contributed by atoms with E-state index in [1.165, 1.54) is 23.7 Å². The van der Waals surface area contributed by atoms with Gasteiger partial charge in [0.25, 0.3) is 0 Å². The van der Waals surface area contributed by atoms with Crippen LogP contribution in [0.5, 0.6) is 5.75 Å². The van der Waals surface area contributed by atoms with Crippen LogP contribution >= 0.6 is 11.3 Å². The fraction of sp³-hybridized carbons (Fsp3) is 0.308. The zero-order valence-corrected chi connectivity index (χ0v) is 11.5. The van der Waals surface area contributed by atoms with Gasteiger partial charge in [0.05, 0.1) is 11.9 Å². The first-order valence-corrected chi connectivity index (χ1v) is 7.23. The molecule has 7 heteroatoms. The molecular formula is C13H14N4O2S. The number of hydrogen-bond donors (Lipinski definition) is 2. The maximum atomic E-state index is 12.4. The summed E-state index contributed by atoms with van der Waals surface area (Å²) in [5.74, 6) is -0.154. The molecule has 0 aliphatic carbocycles. The molecule has 1 amide bonds. The molecule has 1 unspecified atom stereocenters. The zero-order valence-electron chi connectivity index (χ0n) is 10.7. The van der Waals surface area contributed by atoms with E-state index in [1.54, 1.807) is 12.3 Å². The fourth-order valence-electron chi connectivity index (χ4n) is 2.33. The number of aromatic nitrogens is 2. The molecule has 0 saturated carbocycles. The van der Waals surface area contributed by atoms with Crippen molar-refractivity contribution in [2.45, 2.75) is 18.9 Å². The first-order valence-electron chi connectivity index (χ1n) is 6.35. The molecule has 6 nitrogen and oxygen atoms in total. The lowest BCUT2D eigenvalue weighted by atomic mass is 10.2. The highest BCUT2D eigenvalue weighted by molar-refractivity contribution is 7.13. The Bertz CT molecular complexity index is 602. The van der Waals surface area contributed by atoms with Gasteiger partial charge in [0.2, 0.25) is 5.91 Å². The normalized spacial score (nSPS) is 18.2. The third-order valence-electron chi connectivity index (χ3n) is 3.28. The second-order valence-corrected chi connectivity index (χ2v) is 5.42. The van der Waals surface area contributed by atoms with Crippen molar-refractivity contribution in [3.8, 4) is 5.75 Å². The van der Waals surface area contributed by atoms with Crippen LogP contribution in [0.15, 0.2) is 30.0 Å². The van der Waals surface area contributed by atoms with Crippen LogP contribution in [0.4, 0.5) is 10.8 Å². The fourth-order valence-corrected chi connectivity index (χ4v) is 3.05. The molecule has 0 bridgehead atoms. The molecule has 2 N–H and O–H groups in total. The standard InChI is InChI=1S/C13H14N4O2S/c18-11-8-14-4-3-9(11)16-12(19)10-2-1-6-17(10)13-15-5-7-20-13/h3-5,7-8,10,18H,1-2,6H2,(H,14,16,19). The van der Waals surface area contributed by atoms with Gasteiger partial charge in [-0.3, -0.25) is 9.78 Å². The van der Waals surface area contributed by atoms with Gasteiger partial charge < -0.3 is 15.3 Å². The van der Waals surface area contributed by atoms with Crippen LogP contribution in [0.25, 0.3) is 0 Å². The summed E-state index contributed by atoms with van der Waals surface area (Å²) in [5.41, 5.74) is 0.385. The van der Waals surface area contributed by atoms with Crippen molar-refractivity contribution < 1.29 is 9.90 Å². The highest BCUT2D eigenvalue weighted by atomic mass is 32.1. The molecule has 0 aromatic carbocycles. The van der Waals surface area contributed by atoms with E-state index in [4.69, 9.17) is 0 Å². The SMILES string of the molecule is O=C(Nc1ccncc1O)C1CCCN1c1nccs1. The molecule has 0 spiro atoms. The van der Waals surface area contributed by atoms with Crippen molar-refractivity contribution in [3.05, 3.63) is 30.0 Å². The minimum Gasteiger partial charge on any atom is -0.504 e. The molecule has 2 aromatic heterocycles. The Balaban J connectivity index is 1.75. The van der Waals surface area contributed by atoms with Gasteiger partial charge in [0.1, 0.15) is 6.04 Å². The van der Waals surface area contributed by atoms with Crippen LogP contribution in [-0.4, -0.2) is 33.6 Å². The number of aromatic hydroxyl groups is 1. The third kappa shape index (κ3) is 2.44. The van der Waals surface area contributed by atoms with Crippen LogP contribution in [0.2, 0.25) is 0 Å². The van der Waals surface area contributed by atoms with Crippen LogP contribution in [0, 0.1) is 0 Å². The number of rotatable bonds is 3. The highest BCUT2D eigenvalue weighted by Crippen LogP contribution is 2.28. The molecule has 1 aliphatic rings. The van der Waals surface area contributed by atoms with Gasteiger partial charge in [-0.05, 0) is 18.9 Å². The highest BCUT2D eigenvalue weighted by Gasteiger charge is 2.32. The number of carbonyl (C=O) groups excluding carboxylic acids is 1. The van der Waals surface area contributed by atoms with Crippen molar-refractivity contribution in [2.24, 2.45) is 0 Å². The summed E-state index contributed by atoms with van der Waals surface area (Å²) in [6, 6.07) is 1.34. The van der Waals surface area contributed by atoms with Crippen molar-refractivity contribution >= 4 is 28.1 Å². The second kappa shape index (κ2) is 5.46. The molecule has 1 saturated heterocycles. The first-order chi connectivity index (χ1) is 9.75. The number of thiazole rings is 1. The zero-order chi connectivity index (χ0) is 13.9. The minimum atomic E-state index is -0.242. The quantitative estimate of drug-likeness (QED) is 0.902. The molecule has 20 heavy (non-hydrogen) atoms. The van der Waals surface area contributed by atoms with Crippen LogP contribution in [-0.2, 0) is 4.79 Å². The van der Waals surface area contributed by atoms with E-state index < -0.39 is 0 Å². The number of pyridine rings is 1. The Morgan fingerprint density at radius 1 is 1.50 bits per heavy atom. The van der Waals surface area contributed by atoms with Gasteiger partial charge in [-0.2, -0.15) is 0 Å². The molecular weight excluding hydrogens is 276 g/mol. The van der Waals surface area contributed by atoms with E-state index in [0.29, 0.717) is 5.69 Å². The monoisotopic (exact) mass is 290 g/mol. The average Bonchev–Trinajstić information content (AvgIpc) is 3.11. The molecule has 1 fully saturated rings. The lowest BCUT2D eigenvalue weighted by Crippen LogP contribution is -2.39. The summed E-state index contributed by atoms with van der Waals surface area (Å²) in [6.45, 7) is 0.827. The van der Waals surface area contributed by atoms with Crippen molar-refractivity contribution in [1.29, 1.82) is 0 Å². The van der Waals surface area contributed by atoms with Crippen molar-refractivity contribution in [3.63, 3.8) is 0 Å². The number of carbonyl (C=O) groups is 1. The number of amides is 1. The molecule has 1 atom stereocenters. The van der Waals surface area contributed by atoms with Crippen LogP contribution < -0.4 is 10.2 Å². The molecule has 3 heterocycles. The Morgan fingerprint density at radius 3 is 3.15 bits per heavy atom. The lowest BCUT2D eigenvalue weighted by Gasteiger charge is -2.23. The molecule has 2 aromatic rings. The Morgan fingerprint density at radius 2 is 2.40 bits per heavy atom. The van der Waals surface area contributed by atoms with E-state index >= 15 is 0 Å². The molecule has 0 radical (unpaired) electrons. The first kappa shape index (κ1) is 12.9. The van der Waals surface area contributed by atoms with E-state index in [9.17, 15) is 9.90 Å². The topological polar surface area (TPSA) is 78.3 Å². The largest absolute Gasteiger partial charge is 0.504 e. The summed E-state index contributed by atoms with van der Waals surface area (Å²) in [5, 5.41) is 15.2. The third-order valence-corrected chi connectivity index (χ3v) is 4.09. The van der Waals surface area contributed by atoms with Crippen molar-refractivity contribution in [2.75, 3.05) is 16.8 Å². The summed E-state index contributed by atoms with van der Waals surface area (Å²) in [7, 11) is 0. The summed E-state index contributed by atoms with van der Waals surface area (Å²) in [6.07, 6.45) is 6.32. The maximum Gasteiger partial charge on any atom is 0.247 e. The van der Waals surface area contributed by atoms with E-state index in [1.807, 2.05) is 10.3 Å². The Labute approximate surface area is 120 Å². The summed E-state index contributed by atoms with van der Waals surface area (Å²) in [4.78, 5) is 22.4. The predicted octanol–water partition coefficient (Wildman–Crippen LogP) is 1.85. The smallest absolute Gasteiger partial charge is 0.247 e. The van der Waals surface area contributed by atoms with Gasteiger partial charge in [-0.25, -0.2) is 4.98 Å². The van der Waals surface area contributed by atoms with Gasteiger partial charge >= 0.3 is 0 Å². The van der Waals surface area contributed by atoms with Crippen LogP contribution in [0.1, 0.15) is 12.8 Å². The number of anilines is 2. The number of hydrogen-bond acceptors (Lipinski definition) is 6. The second-order valence-electron chi connectivity index (χ2n) is 4.55. The lowest BCUT2D eigenvalue weighted by molar-refractivity contribution is -0.117. The van der Waals surface area contributed by atoms with E-state index in [2.05, 4.69) is 15.3 Å². The molecule has 1 aliphatic heterocycles. The van der Waals surface area contributed by atoms with Gasteiger partial charge in [0, 0.05) is 24.3 Å². The molecule has 3 rings (SSSR count). The van der Waals surface area contributed by atoms with Gasteiger partial charge in [0.15, 0.2) is 10.9 Å². The van der Waals surface area contributed by atoms with Crippen LogP contribution in [0.3, 0.4) is 0 Å². The minimum absolute atomic E-state index is 0.0281. The summed E-state index contributed by atoms with van der Waals surface area (Å²) < 4.78 is 0. The van der Waals surface area contributed by atoms with E-state index in [0.717, 1.165) is 24.5 Å². The molecule has 104 valence electrons.